The highest BCUT2D eigenvalue weighted by molar-refractivity contribution is 6.31. The number of hydrogen-bond acceptors (Lipinski definition) is 5. The Morgan fingerprint density at radius 3 is 2.39 bits per heavy atom. The molecule has 0 spiro atoms. The second-order valence-corrected chi connectivity index (χ2v) is 10.4. The number of rotatable bonds is 7. The van der Waals surface area contributed by atoms with Crippen LogP contribution in [0.2, 0.25) is 5.02 Å². The molecule has 2 aromatic carbocycles. The number of nitrogens with one attached hydrogen (secondary N) is 3. The third-order valence-electron chi connectivity index (χ3n) is 6.26. The lowest BCUT2D eigenvalue weighted by molar-refractivity contribution is -0.131. The fourth-order valence-electron chi connectivity index (χ4n) is 4.30. The van der Waals surface area contributed by atoms with Crippen LogP contribution in [0.1, 0.15) is 54.6 Å². The Bertz CT molecular complexity index is 1170. The molecule has 1 aliphatic heterocycles. The summed E-state index contributed by atoms with van der Waals surface area (Å²) in [4.78, 5) is 51.7. The van der Waals surface area contributed by atoms with Crippen LogP contribution in [0.15, 0.2) is 42.5 Å². The highest BCUT2D eigenvalue weighted by atomic mass is 35.5. The van der Waals surface area contributed by atoms with Gasteiger partial charge in [0.05, 0.1) is 11.6 Å². The van der Waals surface area contributed by atoms with E-state index in [1.54, 1.807) is 13.0 Å². The number of benzene rings is 2. The van der Waals surface area contributed by atoms with E-state index in [0.29, 0.717) is 17.2 Å². The number of nitrogens with two attached hydrogens (primary N) is 1. The van der Waals surface area contributed by atoms with Crippen LogP contribution in [0.5, 0.6) is 5.75 Å². The van der Waals surface area contributed by atoms with Crippen molar-refractivity contribution in [2.24, 2.45) is 11.7 Å². The van der Waals surface area contributed by atoms with E-state index in [4.69, 9.17) is 22.1 Å². The molecule has 2 aromatic rings. The maximum atomic E-state index is 13.5. The van der Waals surface area contributed by atoms with Gasteiger partial charge in [0.1, 0.15) is 24.4 Å². The highest BCUT2D eigenvalue weighted by Gasteiger charge is 2.30. The molecule has 0 aliphatic carbocycles. The lowest BCUT2D eigenvalue weighted by Gasteiger charge is -2.25. The van der Waals surface area contributed by atoms with E-state index in [-0.39, 0.29) is 37.4 Å². The quantitative estimate of drug-likeness (QED) is 0.426. The molecule has 3 atom stereocenters. The first kappa shape index (κ1) is 29.0. The van der Waals surface area contributed by atoms with E-state index in [9.17, 15) is 19.2 Å². The average molecular weight is 543 g/mol. The summed E-state index contributed by atoms with van der Waals surface area (Å²) in [5.41, 5.74) is 7.04. The fourth-order valence-corrected chi connectivity index (χ4v) is 4.47. The molecule has 204 valence electrons. The molecule has 0 bridgehead atoms. The van der Waals surface area contributed by atoms with Crippen LogP contribution in [0, 0.1) is 12.8 Å². The molecule has 4 amide bonds. The van der Waals surface area contributed by atoms with Crippen molar-refractivity contribution in [3.05, 3.63) is 64.2 Å². The predicted molar refractivity (Wildman–Crippen MR) is 145 cm³/mol. The molecule has 3 rings (SSSR count). The highest BCUT2D eigenvalue weighted by Crippen LogP contribution is 2.28. The number of aryl methyl sites for hydroxylation is 1. The van der Waals surface area contributed by atoms with Gasteiger partial charge in [0.2, 0.25) is 17.7 Å². The maximum Gasteiger partial charge on any atom is 0.255 e. The third-order valence-corrected chi connectivity index (χ3v) is 6.67. The smallest absolute Gasteiger partial charge is 0.255 e. The van der Waals surface area contributed by atoms with Gasteiger partial charge >= 0.3 is 0 Å². The van der Waals surface area contributed by atoms with Gasteiger partial charge in [-0.1, -0.05) is 55.8 Å². The Labute approximate surface area is 227 Å². The summed E-state index contributed by atoms with van der Waals surface area (Å²) >= 11 is 6.34. The zero-order valence-electron chi connectivity index (χ0n) is 21.9. The molecular weight excluding hydrogens is 508 g/mol. The number of primary amides is 1. The second kappa shape index (κ2) is 13.3. The molecule has 0 fully saturated rings. The summed E-state index contributed by atoms with van der Waals surface area (Å²) in [5, 5.41) is 8.85. The van der Waals surface area contributed by atoms with Crippen molar-refractivity contribution >= 4 is 35.2 Å². The van der Waals surface area contributed by atoms with Gasteiger partial charge in [-0.2, -0.15) is 0 Å². The first-order valence-electron chi connectivity index (χ1n) is 12.7. The van der Waals surface area contributed by atoms with Crippen LogP contribution in [0.3, 0.4) is 0 Å². The first-order chi connectivity index (χ1) is 18.0. The molecule has 0 radical (unpaired) electrons. The maximum absolute atomic E-state index is 13.5. The van der Waals surface area contributed by atoms with Crippen LogP contribution >= 0.6 is 11.6 Å². The molecular formula is C28H35ClN4O5. The minimum atomic E-state index is -1.03. The van der Waals surface area contributed by atoms with Gasteiger partial charge in [-0.05, 0) is 48.9 Å². The van der Waals surface area contributed by atoms with E-state index in [2.05, 4.69) is 16.0 Å². The van der Waals surface area contributed by atoms with Gasteiger partial charge in [0, 0.05) is 17.9 Å². The summed E-state index contributed by atoms with van der Waals surface area (Å²) < 4.78 is 6.07. The molecule has 1 heterocycles. The van der Waals surface area contributed by atoms with E-state index < -0.39 is 41.8 Å². The van der Waals surface area contributed by atoms with Gasteiger partial charge < -0.3 is 26.4 Å². The standard InChI is InChI=1S/C28H35ClN4O5/c1-16(2)11-19-15-38-24-12-17(3)21(29)14-20(24)26(35)33-23(13-18-7-5-4-6-8-18)28(37)32-22(27(36)31-19)9-10-25(30)34/h4-8,12,14,16,19,22-23H,9-11,13,15H2,1-3H3,(H2,30,34)(H,31,36)(H,32,37)(H,33,35)/t19-,22+,23+/m1/s1. The Morgan fingerprint density at radius 1 is 1.05 bits per heavy atom. The monoisotopic (exact) mass is 542 g/mol. The molecule has 10 heteroatoms. The van der Waals surface area contributed by atoms with Crippen LogP contribution < -0.4 is 26.4 Å². The molecule has 5 N–H and O–H groups in total. The summed E-state index contributed by atoms with van der Waals surface area (Å²) in [5.74, 6) is -1.61. The van der Waals surface area contributed by atoms with Crippen LogP contribution in [0.25, 0.3) is 0 Å². The molecule has 1 aliphatic rings. The molecule has 38 heavy (non-hydrogen) atoms. The van der Waals surface area contributed by atoms with Crippen LogP contribution in [0.4, 0.5) is 0 Å². The van der Waals surface area contributed by atoms with Crippen molar-refractivity contribution in [1.82, 2.24) is 16.0 Å². The Morgan fingerprint density at radius 2 is 1.74 bits per heavy atom. The normalized spacial score (nSPS) is 20.6. The van der Waals surface area contributed by atoms with Gasteiger partial charge in [-0.3, -0.25) is 19.2 Å². The SMILES string of the molecule is Cc1cc2c(cc1Cl)C(=O)N[C@@H](Cc1ccccc1)C(=O)N[C@@H](CCC(N)=O)C(=O)N[C@H](CC(C)C)CO2. The first-order valence-corrected chi connectivity index (χ1v) is 13.1. The number of halogens is 1. The Balaban J connectivity index is 2.03. The van der Waals surface area contributed by atoms with Gasteiger partial charge in [-0.25, -0.2) is 0 Å². The zero-order valence-corrected chi connectivity index (χ0v) is 22.6. The zero-order chi connectivity index (χ0) is 27.8. The van der Waals surface area contributed by atoms with E-state index in [0.717, 1.165) is 11.1 Å². The Kier molecular flexibility index (Phi) is 10.1. The van der Waals surface area contributed by atoms with Crippen molar-refractivity contribution in [2.45, 2.75) is 64.6 Å². The van der Waals surface area contributed by atoms with E-state index in [1.807, 2.05) is 44.2 Å². The van der Waals surface area contributed by atoms with Crippen molar-refractivity contribution in [2.75, 3.05) is 6.61 Å². The van der Waals surface area contributed by atoms with E-state index >= 15 is 0 Å². The van der Waals surface area contributed by atoms with Crippen LogP contribution in [-0.4, -0.2) is 48.4 Å². The molecule has 9 nitrogen and oxygen atoms in total. The van der Waals surface area contributed by atoms with Crippen molar-refractivity contribution in [1.29, 1.82) is 0 Å². The largest absolute Gasteiger partial charge is 0.491 e. The third kappa shape index (κ3) is 8.21. The second-order valence-electron chi connectivity index (χ2n) is 10.0. The van der Waals surface area contributed by atoms with Gasteiger partial charge in [-0.15, -0.1) is 0 Å². The van der Waals surface area contributed by atoms with Gasteiger partial charge in [0.15, 0.2) is 0 Å². The van der Waals surface area contributed by atoms with Crippen molar-refractivity contribution in [3.63, 3.8) is 0 Å². The topological polar surface area (TPSA) is 140 Å². The molecule has 0 unspecified atom stereocenters. The fraction of sp³-hybridized carbons (Fsp3) is 0.429. The predicted octanol–water partition coefficient (Wildman–Crippen LogP) is 2.66. The molecule has 0 saturated carbocycles. The molecule has 0 saturated heterocycles. The number of carbonyl (C=O) groups excluding carboxylic acids is 4. The van der Waals surface area contributed by atoms with Crippen molar-refractivity contribution in [3.8, 4) is 5.75 Å². The summed E-state index contributed by atoms with van der Waals surface area (Å²) in [6, 6.07) is 9.92. The minimum Gasteiger partial charge on any atom is -0.491 e. The average Bonchev–Trinajstić information content (AvgIpc) is 2.86. The number of ether oxygens (including phenoxy) is 1. The Hall–Kier alpha value is -3.59. The van der Waals surface area contributed by atoms with Crippen LogP contribution in [-0.2, 0) is 20.8 Å². The van der Waals surface area contributed by atoms with Crippen molar-refractivity contribution < 1.29 is 23.9 Å². The molecule has 0 aromatic heterocycles. The summed E-state index contributed by atoms with van der Waals surface area (Å²) in [6.45, 7) is 5.92. The minimum absolute atomic E-state index is 0.0171. The lowest BCUT2D eigenvalue weighted by Crippen LogP contribution is -2.56. The van der Waals surface area contributed by atoms with E-state index in [1.165, 1.54) is 6.07 Å². The summed E-state index contributed by atoms with van der Waals surface area (Å²) in [6.07, 6.45) is 0.688. The number of carbonyl (C=O) groups is 4. The number of fused-ring (bicyclic) bond motifs is 1. The number of amides is 4. The number of hydrogen-bond donors (Lipinski definition) is 4. The lowest BCUT2D eigenvalue weighted by atomic mass is 10.0. The summed E-state index contributed by atoms with van der Waals surface area (Å²) in [7, 11) is 0. The van der Waals surface area contributed by atoms with Gasteiger partial charge in [0.25, 0.3) is 5.91 Å².